The van der Waals surface area contributed by atoms with E-state index in [1.165, 1.54) is 6.07 Å². The van der Waals surface area contributed by atoms with Crippen molar-refractivity contribution in [3.8, 4) is 0 Å². The van der Waals surface area contributed by atoms with Crippen molar-refractivity contribution in [1.29, 1.82) is 0 Å². The zero-order valence-corrected chi connectivity index (χ0v) is 10.5. The number of nitrogens with two attached hydrogens (primary N) is 1. The van der Waals surface area contributed by atoms with Gasteiger partial charge in [-0.15, -0.1) is 0 Å². The van der Waals surface area contributed by atoms with Crippen LogP contribution in [-0.2, 0) is 6.42 Å². The molecule has 0 bridgehead atoms. The van der Waals surface area contributed by atoms with Crippen LogP contribution in [0.2, 0.25) is 0 Å². The molecule has 2 aromatic carbocycles. The number of hydrogen-bond acceptors (Lipinski definition) is 1. The van der Waals surface area contributed by atoms with E-state index in [-0.39, 0.29) is 17.8 Å². The Kier molecular flexibility index (Phi) is 3.90. The Hall–Kier alpha value is -1.81. The van der Waals surface area contributed by atoms with Crippen molar-refractivity contribution in [1.82, 2.24) is 0 Å². The summed E-state index contributed by atoms with van der Waals surface area (Å²) < 4.78 is 40.0. The van der Waals surface area contributed by atoms with Gasteiger partial charge in [-0.3, -0.25) is 0 Å². The van der Waals surface area contributed by atoms with E-state index >= 15 is 0 Å². The molecule has 0 aliphatic rings. The highest BCUT2D eigenvalue weighted by atomic mass is 19.1. The standard InChI is InChI=1S/C15H14F3N/c1-9-2-3-10(7-14(9)18)15(19)8-11-6-12(16)4-5-13(11)17/h2-7,15H,8,19H2,1H3. The third-order valence-corrected chi connectivity index (χ3v) is 3.07. The predicted molar refractivity (Wildman–Crippen MR) is 68.1 cm³/mol. The third kappa shape index (κ3) is 3.15. The van der Waals surface area contributed by atoms with Crippen LogP contribution >= 0.6 is 0 Å². The van der Waals surface area contributed by atoms with Crippen LogP contribution in [0.3, 0.4) is 0 Å². The van der Waals surface area contributed by atoms with Gasteiger partial charge >= 0.3 is 0 Å². The molecule has 2 rings (SSSR count). The Bertz CT molecular complexity index is 596. The summed E-state index contributed by atoms with van der Waals surface area (Å²) in [5, 5.41) is 0. The first kappa shape index (κ1) is 13.6. The van der Waals surface area contributed by atoms with Gasteiger partial charge in [0.05, 0.1) is 0 Å². The van der Waals surface area contributed by atoms with Crippen molar-refractivity contribution >= 4 is 0 Å². The van der Waals surface area contributed by atoms with Gasteiger partial charge in [0.25, 0.3) is 0 Å². The van der Waals surface area contributed by atoms with Crippen LogP contribution in [0.1, 0.15) is 22.7 Å². The Morgan fingerprint density at radius 1 is 1.00 bits per heavy atom. The average Bonchev–Trinajstić information content (AvgIpc) is 2.37. The fraction of sp³-hybridized carbons (Fsp3) is 0.200. The van der Waals surface area contributed by atoms with Crippen LogP contribution in [-0.4, -0.2) is 0 Å². The highest BCUT2D eigenvalue weighted by Crippen LogP contribution is 2.20. The van der Waals surface area contributed by atoms with Crippen molar-refractivity contribution in [2.45, 2.75) is 19.4 Å². The average molecular weight is 265 g/mol. The third-order valence-electron chi connectivity index (χ3n) is 3.07. The van der Waals surface area contributed by atoms with E-state index in [9.17, 15) is 13.2 Å². The van der Waals surface area contributed by atoms with Crippen LogP contribution < -0.4 is 5.73 Å². The van der Waals surface area contributed by atoms with Gasteiger partial charge in [0.1, 0.15) is 17.5 Å². The molecule has 0 amide bonds. The van der Waals surface area contributed by atoms with Crippen molar-refractivity contribution < 1.29 is 13.2 Å². The van der Waals surface area contributed by atoms with Crippen molar-refractivity contribution in [2.75, 3.05) is 0 Å². The number of halogens is 3. The molecular weight excluding hydrogens is 251 g/mol. The first-order valence-electron chi connectivity index (χ1n) is 5.93. The summed E-state index contributed by atoms with van der Waals surface area (Å²) in [5.74, 6) is -1.38. The van der Waals surface area contributed by atoms with Crippen LogP contribution in [0, 0.1) is 24.4 Å². The first-order valence-corrected chi connectivity index (χ1v) is 5.93. The van der Waals surface area contributed by atoms with Gasteiger partial charge in [-0.25, -0.2) is 13.2 Å². The molecule has 0 saturated heterocycles. The van der Waals surface area contributed by atoms with E-state index < -0.39 is 17.7 Å². The van der Waals surface area contributed by atoms with Gasteiger partial charge in [-0.05, 0) is 54.3 Å². The van der Waals surface area contributed by atoms with E-state index in [4.69, 9.17) is 5.73 Å². The molecule has 1 nitrogen and oxygen atoms in total. The molecule has 0 fully saturated rings. The largest absolute Gasteiger partial charge is 0.324 e. The van der Waals surface area contributed by atoms with Crippen molar-refractivity contribution in [3.05, 3.63) is 70.5 Å². The number of aryl methyl sites for hydroxylation is 1. The minimum absolute atomic E-state index is 0.117. The summed E-state index contributed by atoms with van der Waals surface area (Å²) in [6.07, 6.45) is 0.117. The summed E-state index contributed by atoms with van der Waals surface area (Å²) in [6.45, 7) is 1.65. The summed E-state index contributed by atoms with van der Waals surface area (Å²) in [5.41, 5.74) is 7.18. The zero-order chi connectivity index (χ0) is 14.0. The maximum absolute atomic E-state index is 13.5. The minimum Gasteiger partial charge on any atom is -0.324 e. The van der Waals surface area contributed by atoms with Crippen LogP contribution in [0.25, 0.3) is 0 Å². The van der Waals surface area contributed by atoms with E-state index in [0.29, 0.717) is 11.1 Å². The molecule has 0 saturated carbocycles. The SMILES string of the molecule is Cc1ccc(C(N)Cc2cc(F)ccc2F)cc1F. The Morgan fingerprint density at radius 2 is 1.74 bits per heavy atom. The maximum atomic E-state index is 13.5. The molecule has 0 heterocycles. The van der Waals surface area contributed by atoms with Crippen LogP contribution in [0.15, 0.2) is 36.4 Å². The lowest BCUT2D eigenvalue weighted by atomic mass is 9.98. The fourth-order valence-electron chi connectivity index (χ4n) is 1.89. The molecule has 1 atom stereocenters. The van der Waals surface area contributed by atoms with Crippen LogP contribution in [0.4, 0.5) is 13.2 Å². The molecular formula is C15H14F3N. The normalized spacial score (nSPS) is 12.5. The molecule has 0 radical (unpaired) electrons. The zero-order valence-electron chi connectivity index (χ0n) is 10.5. The van der Waals surface area contributed by atoms with Crippen molar-refractivity contribution in [2.24, 2.45) is 5.73 Å². The summed E-state index contributed by atoms with van der Waals surface area (Å²) in [7, 11) is 0. The summed E-state index contributed by atoms with van der Waals surface area (Å²) in [4.78, 5) is 0. The quantitative estimate of drug-likeness (QED) is 0.900. The highest BCUT2D eigenvalue weighted by molar-refractivity contribution is 5.28. The van der Waals surface area contributed by atoms with Gasteiger partial charge < -0.3 is 5.73 Å². The van der Waals surface area contributed by atoms with E-state index in [1.807, 2.05) is 0 Å². The summed E-state index contributed by atoms with van der Waals surface area (Å²) >= 11 is 0. The minimum atomic E-state index is -0.577. The summed E-state index contributed by atoms with van der Waals surface area (Å²) in [6, 6.07) is 7.29. The molecule has 4 heteroatoms. The molecule has 0 aliphatic carbocycles. The maximum Gasteiger partial charge on any atom is 0.126 e. The lowest BCUT2D eigenvalue weighted by Gasteiger charge is -2.13. The molecule has 0 aliphatic heterocycles. The Balaban J connectivity index is 2.22. The molecule has 2 aromatic rings. The molecule has 100 valence electrons. The molecule has 0 aromatic heterocycles. The van der Waals surface area contributed by atoms with Gasteiger partial charge in [0, 0.05) is 6.04 Å². The molecule has 19 heavy (non-hydrogen) atoms. The second kappa shape index (κ2) is 5.45. The Labute approximate surface area is 109 Å². The molecule has 1 unspecified atom stereocenters. The van der Waals surface area contributed by atoms with E-state index in [1.54, 1.807) is 19.1 Å². The monoisotopic (exact) mass is 265 g/mol. The van der Waals surface area contributed by atoms with Crippen molar-refractivity contribution in [3.63, 3.8) is 0 Å². The lowest BCUT2D eigenvalue weighted by Crippen LogP contribution is -2.14. The van der Waals surface area contributed by atoms with Gasteiger partial charge in [-0.1, -0.05) is 12.1 Å². The molecule has 2 N–H and O–H groups in total. The first-order chi connectivity index (χ1) is 8.97. The topological polar surface area (TPSA) is 26.0 Å². The lowest BCUT2D eigenvalue weighted by molar-refractivity contribution is 0.570. The van der Waals surface area contributed by atoms with Gasteiger partial charge in [-0.2, -0.15) is 0 Å². The smallest absolute Gasteiger partial charge is 0.126 e. The Morgan fingerprint density at radius 3 is 2.42 bits per heavy atom. The van der Waals surface area contributed by atoms with Gasteiger partial charge in [0.2, 0.25) is 0 Å². The van der Waals surface area contributed by atoms with Gasteiger partial charge in [0.15, 0.2) is 0 Å². The number of benzene rings is 2. The number of hydrogen-bond donors (Lipinski definition) is 1. The molecule has 0 spiro atoms. The highest BCUT2D eigenvalue weighted by Gasteiger charge is 2.12. The van der Waals surface area contributed by atoms with E-state index in [0.717, 1.165) is 18.2 Å². The second-order valence-corrected chi connectivity index (χ2v) is 4.55. The predicted octanol–water partition coefficient (Wildman–Crippen LogP) is 3.65. The van der Waals surface area contributed by atoms with E-state index in [2.05, 4.69) is 0 Å². The second-order valence-electron chi connectivity index (χ2n) is 4.55. The fourth-order valence-corrected chi connectivity index (χ4v) is 1.89. The van der Waals surface area contributed by atoms with Crippen LogP contribution in [0.5, 0.6) is 0 Å². The number of rotatable bonds is 3.